The predicted molar refractivity (Wildman–Crippen MR) is 61.2 cm³/mol. The SMILES string of the molecule is O=C(CN1CCOCC1)Nc1[c]cccc1. The number of amides is 1. The van der Waals surface area contributed by atoms with Gasteiger partial charge in [0.2, 0.25) is 5.91 Å². The summed E-state index contributed by atoms with van der Waals surface area (Å²) in [4.78, 5) is 13.8. The lowest BCUT2D eigenvalue weighted by atomic mass is 10.3. The normalized spacial score (nSPS) is 17.0. The third-order valence-electron chi connectivity index (χ3n) is 2.45. The lowest BCUT2D eigenvalue weighted by molar-refractivity contribution is -0.118. The number of para-hydroxylation sites is 1. The summed E-state index contributed by atoms with van der Waals surface area (Å²) in [5.74, 6) is 0.00403. The molecule has 0 unspecified atom stereocenters. The van der Waals surface area contributed by atoms with Crippen molar-refractivity contribution in [3.05, 3.63) is 30.3 Å². The highest BCUT2D eigenvalue weighted by Gasteiger charge is 2.13. The monoisotopic (exact) mass is 219 g/mol. The molecule has 1 heterocycles. The Hall–Kier alpha value is -1.39. The van der Waals surface area contributed by atoms with E-state index in [-0.39, 0.29) is 5.91 Å². The van der Waals surface area contributed by atoms with Crippen LogP contribution in [0.15, 0.2) is 24.3 Å². The van der Waals surface area contributed by atoms with Gasteiger partial charge in [-0.25, -0.2) is 0 Å². The number of nitrogens with one attached hydrogen (secondary N) is 1. The molecule has 1 amide bonds. The third-order valence-corrected chi connectivity index (χ3v) is 2.45. The molecule has 1 N–H and O–H groups in total. The van der Waals surface area contributed by atoms with E-state index >= 15 is 0 Å². The van der Waals surface area contributed by atoms with Gasteiger partial charge in [-0.3, -0.25) is 9.69 Å². The number of hydrogen-bond acceptors (Lipinski definition) is 3. The molecule has 1 radical (unpaired) electrons. The molecule has 4 nitrogen and oxygen atoms in total. The smallest absolute Gasteiger partial charge is 0.238 e. The molecule has 16 heavy (non-hydrogen) atoms. The standard InChI is InChI=1S/C12H15N2O2/c15-12(10-14-6-8-16-9-7-14)13-11-4-2-1-3-5-11/h1-4H,6-10H2,(H,13,15). The summed E-state index contributed by atoms with van der Waals surface area (Å²) in [5, 5.41) is 2.81. The van der Waals surface area contributed by atoms with Crippen molar-refractivity contribution in [2.75, 3.05) is 38.2 Å². The Morgan fingerprint density at radius 2 is 2.25 bits per heavy atom. The zero-order chi connectivity index (χ0) is 11.2. The predicted octanol–water partition coefficient (Wildman–Crippen LogP) is 0.757. The average Bonchev–Trinajstić information content (AvgIpc) is 2.31. The van der Waals surface area contributed by atoms with Crippen LogP contribution in [0.25, 0.3) is 0 Å². The molecular formula is C12H15N2O2. The maximum Gasteiger partial charge on any atom is 0.238 e. The van der Waals surface area contributed by atoms with Crippen LogP contribution in [0.1, 0.15) is 0 Å². The van der Waals surface area contributed by atoms with Gasteiger partial charge in [0.15, 0.2) is 0 Å². The van der Waals surface area contributed by atoms with Gasteiger partial charge < -0.3 is 10.1 Å². The summed E-state index contributed by atoms with van der Waals surface area (Å²) in [6.45, 7) is 3.50. The number of carbonyl (C=O) groups excluding carboxylic acids is 1. The fraction of sp³-hybridized carbons (Fsp3) is 0.417. The van der Waals surface area contributed by atoms with Gasteiger partial charge in [0.1, 0.15) is 0 Å². The van der Waals surface area contributed by atoms with E-state index in [4.69, 9.17) is 4.74 Å². The van der Waals surface area contributed by atoms with E-state index in [1.807, 2.05) is 18.2 Å². The second kappa shape index (κ2) is 5.63. The first-order chi connectivity index (χ1) is 7.84. The Kier molecular flexibility index (Phi) is 3.91. The largest absolute Gasteiger partial charge is 0.379 e. The molecule has 1 aliphatic heterocycles. The molecule has 1 saturated heterocycles. The lowest BCUT2D eigenvalue weighted by Gasteiger charge is -2.25. The molecule has 0 aliphatic carbocycles. The van der Waals surface area contributed by atoms with Crippen molar-refractivity contribution < 1.29 is 9.53 Å². The van der Waals surface area contributed by atoms with Gasteiger partial charge in [0.05, 0.1) is 19.8 Å². The molecule has 1 aliphatic rings. The molecule has 0 spiro atoms. The number of rotatable bonds is 3. The molecule has 1 aromatic rings. The highest BCUT2D eigenvalue weighted by atomic mass is 16.5. The van der Waals surface area contributed by atoms with Crippen LogP contribution in [-0.2, 0) is 9.53 Å². The summed E-state index contributed by atoms with van der Waals surface area (Å²) in [5.41, 5.74) is 0.723. The van der Waals surface area contributed by atoms with Crippen LogP contribution < -0.4 is 5.32 Å². The van der Waals surface area contributed by atoms with Crippen LogP contribution in [0.2, 0.25) is 0 Å². The fourth-order valence-electron chi connectivity index (χ4n) is 1.62. The van der Waals surface area contributed by atoms with E-state index in [1.54, 1.807) is 6.07 Å². The summed E-state index contributed by atoms with van der Waals surface area (Å²) in [6, 6.07) is 10.3. The van der Waals surface area contributed by atoms with Crippen LogP contribution in [0, 0.1) is 6.07 Å². The minimum Gasteiger partial charge on any atom is -0.379 e. The number of morpholine rings is 1. The quantitative estimate of drug-likeness (QED) is 0.816. The van der Waals surface area contributed by atoms with Crippen LogP contribution in [-0.4, -0.2) is 43.7 Å². The maximum absolute atomic E-state index is 11.7. The molecular weight excluding hydrogens is 204 g/mol. The van der Waals surface area contributed by atoms with Gasteiger partial charge in [-0.1, -0.05) is 18.2 Å². The molecule has 0 aromatic heterocycles. The van der Waals surface area contributed by atoms with Crippen molar-refractivity contribution >= 4 is 11.6 Å². The highest BCUT2D eigenvalue weighted by Crippen LogP contribution is 2.04. The Balaban J connectivity index is 1.80. The summed E-state index contributed by atoms with van der Waals surface area (Å²) in [7, 11) is 0. The number of hydrogen-bond donors (Lipinski definition) is 1. The summed E-state index contributed by atoms with van der Waals surface area (Å²) in [6.07, 6.45) is 0. The first kappa shape index (κ1) is 11.1. The number of nitrogens with zero attached hydrogens (tertiary/aromatic N) is 1. The number of ether oxygens (including phenoxy) is 1. The van der Waals surface area contributed by atoms with Crippen molar-refractivity contribution in [1.29, 1.82) is 0 Å². The minimum atomic E-state index is 0.00403. The van der Waals surface area contributed by atoms with E-state index in [2.05, 4.69) is 16.3 Å². The molecule has 2 rings (SSSR count). The van der Waals surface area contributed by atoms with E-state index in [0.717, 1.165) is 18.8 Å². The summed E-state index contributed by atoms with van der Waals surface area (Å²) < 4.78 is 5.22. The molecule has 0 bridgehead atoms. The van der Waals surface area contributed by atoms with Crippen molar-refractivity contribution in [3.8, 4) is 0 Å². The van der Waals surface area contributed by atoms with Gasteiger partial charge in [0, 0.05) is 24.8 Å². The molecule has 1 aromatic carbocycles. The van der Waals surface area contributed by atoms with E-state index in [0.29, 0.717) is 19.8 Å². The number of anilines is 1. The zero-order valence-electron chi connectivity index (χ0n) is 9.11. The van der Waals surface area contributed by atoms with Crippen LogP contribution >= 0.6 is 0 Å². The number of benzene rings is 1. The topological polar surface area (TPSA) is 41.6 Å². The van der Waals surface area contributed by atoms with Crippen molar-refractivity contribution in [2.45, 2.75) is 0 Å². The van der Waals surface area contributed by atoms with Crippen molar-refractivity contribution in [1.82, 2.24) is 4.90 Å². The Morgan fingerprint density at radius 1 is 1.44 bits per heavy atom. The van der Waals surface area contributed by atoms with E-state index in [9.17, 15) is 4.79 Å². The molecule has 4 heteroatoms. The lowest BCUT2D eigenvalue weighted by Crippen LogP contribution is -2.41. The second-order valence-electron chi connectivity index (χ2n) is 3.71. The van der Waals surface area contributed by atoms with Crippen LogP contribution in [0.5, 0.6) is 0 Å². The molecule has 0 atom stereocenters. The van der Waals surface area contributed by atoms with Crippen LogP contribution in [0.4, 0.5) is 5.69 Å². The fourth-order valence-corrected chi connectivity index (χ4v) is 1.62. The molecule has 0 saturated carbocycles. The van der Waals surface area contributed by atoms with Gasteiger partial charge in [0.25, 0.3) is 0 Å². The maximum atomic E-state index is 11.7. The van der Waals surface area contributed by atoms with E-state index in [1.165, 1.54) is 0 Å². The number of carbonyl (C=O) groups is 1. The van der Waals surface area contributed by atoms with Gasteiger partial charge in [-0.15, -0.1) is 0 Å². The Labute approximate surface area is 95.2 Å². The van der Waals surface area contributed by atoms with Gasteiger partial charge in [-0.05, 0) is 6.07 Å². The first-order valence-corrected chi connectivity index (χ1v) is 5.41. The third kappa shape index (κ3) is 3.32. The Bertz CT molecular complexity index is 334. The molecule has 85 valence electrons. The van der Waals surface area contributed by atoms with Crippen molar-refractivity contribution in [3.63, 3.8) is 0 Å². The van der Waals surface area contributed by atoms with E-state index < -0.39 is 0 Å². The average molecular weight is 219 g/mol. The van der Waals surface area contributed by atoms with Crippen molar-refractivity contribution in [2.24, 2.45) is 0 Å². The molecule has 1 fully saturated rings. The first-order valence-electron chi connectivity index (χ1n) is 5.41. The minimum absolute atomic E-state index is 0.00403. The Morgan fingerprint density at radius 3 is 2.94 bits per heavy atom. The zero-order valence-corrected chi connectivity index (χ0v) is 9.11. The second-order valence-corrected chi connectivity index (χ2v) is 3.71. The summed E-state index contributed by atoms with van der Waals surface area (Å²) >= 11 is 0. The van der Waals surface area contributed by atoms with Gasteiger partial charge in [-0.2, -0.15) is 0 Å². The van der Waals surface area contributed by atoms with Crippen LogP contribution in [0.3, 0.4) is 0 Å². The highest BCUT2D eigenvalue weighted by molar-refractivity contribution is 5.92. The van der Waals surface area contributed by atoms with Gasteiger partial charge >= 0.3 is 0 Å².